The van der Waals surface area contributed by atoms with Crippen molar-refractivity contribution < 1.29 is 8.85 Å². The number of rotatable bonds is 6. The van der Waals surface area contributed by atoms with Gasteiger partial charge in [-0.25, -0.2) is 0 Å². The Kier molecular flexibility index (Phi) is 6.37. The minimum absolute atomic E-state index is 0.504. The first-order chi connectivity index (χ1) is 9.28. The molecule has 19 heavy (non-hydrogen) atoms. The van der Waals surface area contributed by atoms with Gasteiger partial charge in [-0.05, 0) is 37.8 Å². The summed E-state index contributed by atoms with van der Waals surface area (Å²) in [6.45, 7) is 4.56. The molecule has 2 fully saturated rings. The van der Waals surface area contributed by atoms with Crippen molar-refractivity contribution in [3.8, 4) is 0 Å². The summed E-state index contributed by atoms with van der Waals surface area (Å²) in [7, 11) is -1.92. The minimum atomic E-state index is -1.92. The van der Waals surface area contributed by atoms with Gasteiger partial charge in [0.05, 0.1) is 0 Å². The van der Waals surface area contributed by atoms with Crippen molar-refractivity contribution >= 4 is 8.56 Å². The van der Waals surface area contributed by atoms with Crippen LogP contribution >= 0.6 is 0 Å². The van der Waals surface area contributed by atoms with Crippen molar-refractivity contribution in [1.82, 2.24) is 0 Å². The lowest BCUT2D eigenvalue weighted by atomic mass is 9.98. The van der Waals surface area contributed by atoms with Crippen LogP contribution < -0.4 is 0 Å². The largest absolute Gasteiger partial charge is 0.391 e. The van der Waals surface area contributed by atoms with Gasteiger partial charge in [0.1, 0.15) is 0 Å². The maximum atomic E-state index is 6.60. The second-order valence-corrected chi connectivity index (χ2v) is 10.1. The fourth-order valence-electron chi connectivity index (χ4n) is 3.58. The van der Waals surface area contributed by atoms with Crippen molar-refractivity contribution in [1.29, 1.82) is 0 Å². The fraction of sp³-hybridized carbons (Fsp3) is 1.00. The van der Waals surface area contributed by atoms with Crippen LogP contribution in [0.4, 0.5) is 0 Å². The van der Waals surface area contributed by atoms with Gasteiger partial charge in [0.25, 0.3) is 0 Å². The second kappa shape index (κ2) is 7.80. The molecule has 0 atom stereocenters. The molecular weight excluding hydrogens is 252 g/mol. The lowest BCUT2D eigenvalue weighted by Gasteiger charge is -2.38. The zero-order valence-corrected chi connectivity index (χ0v) is 14.0. The molecule has 0 aromatic heterocycles. The smallest absolute Gasteiger partial charge is 0.338 e. The quantitative estimate of drug-likeness (QED) is 0.627. The van der Waals surface area contributed by atoms with Gasteiger partial charge in [0, 0.05) is 12.2 Å². The Morgan fingerprint density at radius 3 is 1.37 bits per heavy atom. The summed E-state index contributed by atoms with van der Waals surface area (Å²) in [4.78, 5) is 0. The third-order valence-corrected chi connectivity index (χ3v) is 8.63. The first-order valence-electron chi connectivity index (χ1n) is 8.63. The van der Waals surface area contributed by atoms with Crippen molar-refractivity contribution in [2.24, 2.45) is 0 Å². The monoisotopic (exact) mass is 284 g/mol. The molecule has 2 nitrogen and oxygen atoms in total. The fourth-order valence-corrected chi connectivity index (χ4v) is 6.49. The highest BCUT2D eigenvalue weighted by Gasteiger charge is 2.39. The van der Waals surface area contributed by atoms with Crippen molar-refractivity contribution in [2.45, 2.75) is 102 Å². The van der Waals surface area contributed by atoms with Gasteiger partial charge >= 0.3 is 8.56 Å². The molecule has 3 heteroatoms. The number of hydrogen-bond acceptors (Lipinski definition) is 2. The zero-order valence-electron chi connectivity index (χ0n) is 13.0. The van der Waals surface area contributed by atoms with Crippen molar-refractivity contribution in [3.63, 3.8) is 0 Å². The summed E-state index contributed by atoms with van der Waals surface area (Å²) in [5, 5.41) is 0. The van der Waals surface area contributed by atoms with Crippen molar-refractivity contribution in [3.05, 3.63) is 0 Å². The van der Waals surface area contributed by atoms with Crippen LogP contribution in [0.15, 0.2) is 0 Å². The molecule has 0 unspecified atom stereocenters. The molecule has 112 valence electrons. The molecule has 2 aliphatic rings. The molecule has 0 saturated heterocycles. The summed E-state index contributed by atoms with van der Waals surface area (Å²) in [6.07, 6.45) is 14.3. The topological polar surface area (TPSA) is 18.5 Å². The van der Waals surface area contributed by atoms with Gasteiger partial charge in [-0.3, -0.25) is 0 Å². The van der Waals surface area contributed by atoms with E-state index in [0.717, 1.165) is 12.1 Å². The lowest BCUT2D eigenvalue weighted by molar-refractivity contribution is 0.0473. The Morgan fingerprint density at radius 1 is 0.684 bits per heavy atom. The molecule has 0 bridgehead atoms. The van der Waals surface area contributed by atoms with Crippen LogP contribution in [-0.2, 0) is 8.85 Å². The normalized spacial score (nSPS) is 23.7. The third-order valence-electron chi connectivity index (χ3n) is 4.94. The Morgan fingerprint density at radius 2 is 1.05 bits per heavy atom. The van der Waals surface area contributed by atoms with Crippen LogP contribution in [0.3, 0.4) is 0 Å². The highest BCUT2D eigenvalue weighted by atomic mass is 28.4. The summed E-state index contributed by atoms with van der Waals surface area (Å²) in [5.41, 5.74) is 0. The molecule has 0 aromatic carbocycles. The Balaban J connectivity index is 1.90. The van der Waals surface area contributed by atoms with E-state index in [2.05, 4.69) is 13.8 Å². The zero-order chi connectivity index (χ0) is 13.6. The van der Waals surface area contributed by atoms with Gasteiger partial charge in [-0.2, -0.15) is 0 Å². The van der Waals surface area contributed by atoms with E-state index in [1.165, 1.54) is 64.2 Å². The van der Waals surface area contributed by atoms with E-state index in [0.29, 0.717) is 12.2 Å². The van der Waals surface area contributed by atoms with Gasteiger partial charge in [-0.1, -0.05) is 52.4 Å². The Bertz CT molecular complexity index is 219. The molecule has 0 N–H and O–H groups in total. The standard InChI is InChI=1S/C16H32O2Si/c1-3-19(4-2,17-15-11-7-5-8-12-15)18-16-13-9-6-10-14-16/h15-16H,3-14H2,1-2H3. The maximum absolute atomic E-state index is 6.60. The third kappa shape index (κ3) is 4.57. The van der Waals surface area contributed by atoms with Gasteiger partial charge in [0.2, 0.25) is 0 Å². The average molecular weight is 285 g/mol. The Hall–Kier alpha value is 0.137. The van der Waals surface area contributed by atoms with Crippen LogP contribution in [0.25, 0.3) is 0 Å². The summed E-state index contributed by atoms with van der Waals surface area (Å²) in [5.74, 6) is 0. The highest BCUT2D eigenvalue weighted by molar-refractivity contribution is 6.67. The lowest BCUT2D eigenvalue weighted by Crippen LogP contribution is -2.47. The molecule has 0 amide bonds. The van der Waals surface area contributed by atoms with Gasteiger partial charge in [-0.15, -0.1) is 0 Å². The average Bonchev–Trinajstić information content (AvgIpc) is 2.48. The van der Waals surface area contributed by atoms with Crippen LogP contribution in [0.2, 0.25) is 12.1 Å². The van der Waals surface area contributed by atoms with E-state index >= 15 is 0 Å². The SMILES string of the molecule is CC[Si](CC)(OC1CCCCC1)OC1CCCCC1. The first-order valence-corrected chi connectivity index (χ1v) is 10.9. The van der Waals surface area contributed by atoms with Crippen LogP contribution in [-0.4, -0.2) is 20.8 Å². The molecular formula is C16H32O2Si. The molecule has 0 aromatic rings. The Labute approximate surface area is 120 Å². The van der Waals surface area contributed by atoms with Crippen molar-refractivity contribution in [2.75, 3.05) is 0 Å². The van der Waals surface area contributed by atoms with E-state index in [1.54, 1.807) is 0 Å². The predicted octanol–water partition coefficient (Wildman–Crippen LogP) is 5.17. The first kappa shape index (κ1) is 15.5. The summed E-state index contributed by atoms with van der Waals surface area (Å²) >= 11 is 0. The highest BCUT2D eigenvalue weighted by Crippen LogP contribution is 2.31. The predicted molar refractivity (Wildman–Crippen MR) is 82.6 cm³/mol. The van der Waals surface area contributed by atoms with Crippen LogP contribution in [0.5, 0.6) is 0 Å². The molecule has 2 aliphatic carbocycles. The molecule has 0 heterocycles. The number of hydrogen-bond donors (Lipinski definition) is 0. The van der Waals surface area contributed by atoms with E-state index in [1.807, 2.05) is 0 Å². The van der Waals surface area contributed by atoms with Crippen LogP contribution in [0, 0.1) is 0 Å². The molecule has 0 radical (unpaired) electrons. The van der Waals surface area contributed by atoms with E-state index in [9.17, 15) is 0 Å². The molecule has 0 spiro atoms. The molecule has 0 aliphatic heterocycles. The maximum Gasteiger partial charge on any atom is 0.338 e. The van der Waals surface area contributed by atoms with E-state index in [4.69, 9.17) is 8.85 Å². The van der Waals surface area contributed by atoms with Gasteiger partial charge < -0.3 is 8.85 Å². The molecule has 2 rings (SSSR count). The minimum Gasteiger partial charge on any atom is -0.391 e. The summed E-state index contributed by atoms with van der Waals surface area (Å²) < 4.78 is 13.2. The van der Waals surface area contributed by atoms with E-state index < -0.39 is 8.56 Å². The molecule has 2 saturated carbocycles. The van der Waals surface area contributed by atoms with E-state index in [-0.39, 0.29) is 0 Å². The second-order valence-electron chi connectivity index (χ2n) is 6.37. The van der Waals surface area contributed by atoms with Crippen LogP contribution in [0.1, 0.15) is 78.1 Å². The van der Waals surface area contributed by atoms with Gasteiger partial charge in [0.15, 0.2) is 0 Å². The summed E-state index contributed by atoms with van der Waals surface area (Å²) in [6, 6.07) is 2.24.